The molecule has 2 aromatic carbocycles. The molecule has 0 unspecified atom stereocenters. The molecule has 0 fully saturated rings. The predicted octanol–water partition coefficient (Wildman–Crippen LogP) is 5.53. The van der Waals surface area contributed by atoms with Gasteiger partial charge in [-0.15, -0.1) is 6.58 Å². The minimum atomic E-state index is -0.403. The standard InChI is InChI=1S/C22H19BrF2N2O2/c1-2-11-27(14-15-12-16(23)7-8-18(15)24)22(28)10-9-21-26-13-20(29-21)17-5-3-4-6-19(17)25/h2-8,12-13H,1,9-11,14H2. The van der Waals surface area contributed by atoms with E-state index in [4.69, 9.17) is 4.42 Å². The Morgan fingerprint density at radius 2 is 2.00 bits per heavy atom. The Hall–Kier alpha value is -2.80. The van der Waals surface area contributed by atoms with Gasteiger partial charge in [-0.2, -0.15) is 0 Å². The van der Waals surface area contributed by atoms with E-state index < -0.39 is 5.82 Å². The molecular formula is C22H19BrF2N2O2. The third kappa shape index (κ3) is 5.38. The van der Waals surface area contributed by atoms with Gasteiger partial charge in [0.05, 0.1) is 11.8 Å². The maximum atomic E-state index is 14.0. The number of amides is 1. The van der Waals surface area contributed by atoms with E-state index in [2.05, 4.69) is 27.5 Å². The average molecular weight is 461 g/mol. The van der Waals surface area contributed by atoms with E-state index in [0.717, 1.165) is 4.47 Å². The van der Waals surface area contributed by atoms with Crippen LogP contribution in [0.5, 0.6) is 0 Å². The highest BCUT2D eigenvalue weighted by atomic mass is 79.9. The molecule has 0 atom stereocenters. The van der Waals surface area contributed by atoms with Gasteiger partial charge in [0, 0.05) is 36.0 Å². The Morgan fingerprint density at radius 3 is 2.76 bits per heavy atom. The van der Waals surface area contributed by atoms with Gasteiger partial charge >= 0.3 is 0 Å². The zero-order valence-corrected chi connectivity index (χ0v) is 17.2. The van der Waals surface area contributed by atoms with Crippen molar-refractivity contribution in [2.24, 2.45) is 0 Å². The van der Waals surface area contributed by atoms with Crippen LogP contribution in [0.1, 0.15) is 17.9 Å². The van der Waals surface area contributed by atoms with Crippen LogP contribution >= 0.6 is 15.9 Å². The lowest BCUT2D eigenvalue weighted by Gasteiger charge is -2.21. The fourth-order valence-electron chi connectivity index (χ4n) is 2.86. The van der Waals surface area contributed by atoms with Crippen LogP contribution in [-0.2, 0) is 17.8 Å². The van der Waals surface area contributed by atoms with Crippen molar-refractivity contribution >= 4 is 21.8 Å². The number of hydrogen-bond donors (Lipinski definition) is 0. The summed E-state index contributed by atoms with van der Waals surface area (Å²) in [5, 5.41) is 0. The first-order valence-electron chi connectivity index (χ1n) is 9.00. The number of nitrogens with zero attached hydrogens (tertiary/aromatic N) is 2. The molecule has 4 nitrogen and oxygen atoms in total. The Kier molecular flexibility index (Phi) is 6.93. The Bertz CT molecular complexity index is 1020. The summed E-state index contributed by atoms with van der Waals surface area (Å²) in [6, 6.07) is 10.8. The number of hydrogen-bond acceptors (Lipinski definition) is 3. The number of aryl methyl sites for hydroxylation is 1. The molecule has 0 bridgehead atoms. The summed E-state index contributed by atoms with van der Waals surface area (Å²) in [7, 11) is 0. The molecule has 0 spiro atoms. The van der Waals surface area contributed by atoms with E-state index in [1.165, 1.54) is 23.2 Å². The first-order chi connectivity index (χ1) is 14.0. The molecule has 1 aromatic heterocycles. The van der Waals surface area contributed by atoms with Crippen molar-refractivity contribution in [1.82, 2.24) is 9.88 Å². The number of oxazole rings is 1. The van der Waals surface area contributed by atoms with Crippen LogP contribution in [0.2, 0.25) is 0 Å². The highest BCUT2D eigenvalue weighted by Crippen LogP contribution is 2.24. The van der Waals surface area contributed by atoms with E-state index in [0.29, 0.717) is 22.8 Å². The molecule has 29 heavy (non-hydrogen) atoms. The molecule has 0 N–H and O–H groups in total. The van der Waals surface area contributed by atoms with Crippen LogP contribution in [0.4, 0.5) is 8.78 Å². The van der Waals surface area contributed by atoms with E-state index in [1.54, 1.807) is 36.4 Å². The van der Waals surface area contributed by atoms with Crippen LogP contribution in [0.15, 0.2) is 70.2 Å². The fourth-order valence-corrected chi connectivity index (χ4v) is 3.27. The van der Waals surface area contributed by atoms with Crippen molar-refractivity contribution in [3.05, 3.63) is 88.9 Å². The molecule has 150 valence electrons. The normalized spacial score (nSPS) is 10.7. The topological polar surface area (TPSA) is 46.3 Å². The minimum Gasteiger partial charge on any atom is -0.441 e. The van der Waals surface area contributed by atoms with Crippen LogP contribution < -0.4 is 0 Å². The molecule has 0 aliphatic rings. The average Bonchev–Trinajstić information content (AvgIpc) is 3.17. The van der Waals surface area contributed by atoms with Gasteiger partial charge < -0.3 is 9.32 Å². The highest BCUT2D eigenvalue weighted by Gasteiger charge is 2.17. The largest absolute Gasteiger partial charge is 0.441 e. The van der Waals surface area contributed by atoms with Crippen molar-refractivity contribution in [2.75, 3.05) is 6.54 Å². The van der Waals surface area contributed by atoms with Crippen LogP contribution in [0, 0.1) is 11.6 Å². The van der Waals surface area contributed by atoms with Crippen molar-refractivity contribution in [3.63, 3.8) is 0 Å². The van der Waals surface area contributed by atoms with Crippen LogP contribution in [-0.4, -0.2) is 22.3 Å². The number of rotatable bonds is 8. The molecule has 1 amide bonds. The summed E-state index contributed by atoms with van der Waals surface area (Å²) >= 11 is 3.31. The number of carbonyl (C=O) groups excluding carboxylic acids is 1. The number of halogens is 3. The van der Waals surface area contributed by atoms with Gasteiger partial charge in [0.1, 0.15) is 11.6 Å². The van der Waals surface area contributed by atoms with Crippen LogP contribution in [0.25, 0.3) is 11.3 Å². The smallest absolute Gasteiger partial charge is 0.223 e. The molecular weight excluding hydrogens is 442 g/mol. The van der Waals surface area contributed by atoms with Gasteiger partial charge in [0.15, 0.2) is 11.7 Å². The zero-order chi connectivity index (χ0) is 20.8. The predicted molar refractivity (Wildman–Crippen MR) is 110 cm³/mol. The highest BCUT2D eigenvalue weighted by molar-refractivity contribution is 9.10. The second-order valence-corrected chi connectivity index (χ2v) is 7.31. The van der Waals surface area contributed by atoms with E-state index in [-0.39, 0.29) is 37.7 Å². The number of benzene rings is 2. The van der Waals surface area contributed by atoms with Gasteiger partial charge in [0.25, 0.3) is 0 Å². The molecule has 0 saturated heterocycles. The van der Waals surface area contributed by atoms with Crippen molar-refractivity contribution in [2.45, 2.75) is 19.4 Å². The molecule has 1 heterocycles. The van der Waals surface area contributed by atoms with Crippen molar-refractivity contribution < 1.29 is 18.0 Å². The lowest BCUT2D eigenvalue weighted by molar-refractivity contribution is -0.131. The second kappa shape index (κ2) is 9.60. The third-order valence-electron chi connectivity index (χ3n) is 4.32. The number of aromatic nitrogens is 1. The van der Waals surface area contributed by atoms with Gasteiger partial charge in [-0.3, -0.25) is 4.79 Å². The molecule has 0 radical (unpaired) electrons. The first kappa shape index (κ1) is 20.9. The summed E-state index contributed by atoms with van der Waals surface area (Å²) < 4.78 is 34.2. The lowest BCUT2D eigenvalue weighted by atomic mass is 10.2. The summed E-state index contributed by atoms with van der Waals surface area (Å²) in [4.78, 5) is 18.3. The Balaban J connectivity index is 1.66. The molecule has 0 aliphatic carbocycles. The molecule has 0 aliphatic heterocycles. The summed E-state index contributed by atoms with van der Waals surface area (Å²) in [6.45, 7) is 4.08. The first-order valence-corrected chi connectivity index (χ1v) is 9.79. The second-order valence-electron chi connectivity index (χ2n) is 6.40. The summed E-state index contributed by atoms with van der Waals surface area (Å²) in [5.74, 6) is -0.319. The monoisotopic (exact) mass is 460 g/mol. The SMILES string of the molecule is C=CCN(Cc1cc(Br)ccc1F)C(=O)CCc1ncc(-c2ccccc2F)o1. The number of carbonyl (C=O) groups is 1. The Morgan fingerprint density at radius 1 is 1.21 bits per heavy atom. The van der Waals surface area contributed by atoms with Crippen molar-refractivity contribution in [3.8, 4) is 11.3 Å². The third-order valence-corrected chi connectivity index (χ3v) is 4.81. The molecule has 0 saturated carbocycles. The van der Waals surface area contributed by atoms with E-state index in [1.807, 2.05) is 0 Å². The van der Waals surface area contributed by atoms with Gasteiger partial charge in [-0.25, -0.2) is 13.8 Å². The van der Waals surface area contributed by atoms with Gasteiger partial charge in [-0.1, -0.05) is 34.1 Å². The van der Waals surface area contributed by atoms with E-state index >= 15 is 0 Å². The maximum absolute atomic E-state index is 14.0. The molecule has 3 aromatic rings. The minimum absolute atomic E-state index is 0.126. The van der Waals surface area contributed by atoms with Gasteiger partial charge in [-0.05, 0) is 30.3 Å². The van der Waals surface area contributed by atoms with Gasteiger partial charge in [0.2, 0.25) is 5.91 Å². The quantitative estimate of drug-likeness (QED) is 0.415. The summed E-state index contributed by atoms with van der Waals surface area (Å²) in [6.07, 6.45) is 3.41. The maximum Gasteiger partial charge on any atom is 0.223 e. The fraction of sp³-hybridized carbons (Fsp3) is 0.182. The molecule has 7 heteroatoms. The lowest BCUT2D eigenvalue weighted by Crippen LogP contribution is -2.31. The molecule has 3 rings (SSSR count). The zero-order valence-electron chi connectivity index (χ0n) is 15.6. The summed E-state index contributed by atoms with van der Waals surface area (Å²) in [5.41, 5.74) is 0.725. The Labute approximate surface area is 176 Å². The van der Waals surface area contributed by atoms with E-state index in [9.17, 15) is 13.6 Å². The van der Waals surface area contributed by atoms with Crippen molar-refractivity contribution in [1.29, 1.82) is 0 Å². The van der Waals surface area contributed by atoms with Crippen LogP contribution in [0.3, 0.4) is 0 Å².